The van der Waals surface area contributed by atoms with E-state index in [2.05, 4.69) is 21.2 Å². The molecule has 3 aliphatic rings. The zero-order valence-corrected chi connectivity index (χ0v) is 19.5. The van der Waals surface area contributed by atoms with Crippen LogP contribution in [0, 0.1) is 11.3 Å². The van der Waals surface area contributed by atoms with Gasteiger partial charge in [0, 0.05) is 22.0 Å². The highest BCUT2D eigenvalue weighted by atomic mass is 79.9. The summed E-state index contributed by atoms with van der Waals surface area (Å²) in [5.41, 5.74) is -0.193. The van der Waals surface area contributed by atoms with Crippen molar-refractivity contribution in [2.24, 2.45) is 11.3 Å². The molecule has 2 unspecified atom stereocenters. The molecule has 6 nitrogen and oxygen atoms in total. The number of halogens is 1. The van der Waals surface area contributed by atoms with Crippen molar-refractivity contribution >= 4 is 33.8 Å². The first-order valence-electron chi connectivity index (χ1n) is 11.4. The van der Waals surface area contributed by atoms with Crippen LogP contribution in [0.2, 0.25) is 0 Å². The SMILES string of the molecule is COC(=O)C1(C2c3cc(Br)ccc3OC(=O)C2C(=O)NC2CCCCC2)CCCCC1. The molecule has 7 heteroatoms. The number of nitrogens with one attached hydrogen (secondary N) is 1. The maximum atomic E-state index is 13.5. The van der Waals surface area contributed by atoms with Gasteiger partial charge < -0.3 is 14.8 Å². The smallest absolute Gasteiger partial charge is 0.324 e. The fourth-order valence-electron chi connectivity index (χ4n) is 5.78. The Balaban J connectivity index is 1.78. The minimum Gasteiger partial charge on any atom is -0.469 e. The lowest BCUT2D eigenvalue weighted by Crippen LogP contribution is -2.53. The number of hydrogen-bond acceptors (Lipinski definition) is 5. The van der Waals surface area contributed by atoms with Crippen LogP contribution in [0.3, 0.4) is 0 Å². The number of carbonyl (C=O) groups is 3. The van der Waals surface area contributed by atoms with E-state index >= 15 is 0 Å². The highest BCUT2D eigenvalue weighted by Gasteiger charge is 2.57. The summed E-state index contributed by atoms with van der Waals surface area (Å²) in [7, 11) is 1.39. The Morgan fingerprint density at radius 1 is 1.10 bits per heavy atom. The highest BCUT2D eigenvalue weighted by Crippen LogP contribution is 2.55. The molecule has 1 aliphatic heterocycles. The Hall–Kier alpha value is -1.89. The first-order valence-corrected chi connectivity index (χ1v) is 12.2. The molecule has 1 aromatic rings. The van der Waals surface area contributed by atoms with Crippen LogP contribution in [-0.2, 0) is 19.1 Å². The molecule has 0 bridgehead atoms. The predicted octanol–water partition coefficient (Wildman–Crippen LogP) is 4.64. The van der Waals surface area contributed by atoms with Crippen molar-refractivity contribution in [1.29, 1.82) is 0 Å². The molecule has 1 amide bonds. The molecule has 0 saturated heterocycles. The van der Waals surface area contributed by atoms with Gasteiger partial charge in [-0.2, -0.15) is 0 Å². The fraction of sp³-hybridized carbons (Fsp3) is 0.625. The lowest BCUT2D eigenvalue weighted by Gasteiger charge is -2.45. The summed E-state index contributed by atoms with van der Waals surface area (Å²) >= 11 is 3.51. The van der Waals surface area contributed by atoms with Gasteiger partial charge in [0.05, 0.1) is 12.5 Å². The number of amides is 1. The summed E-state index contributed by atoms with van der Waals surface area (Å²) in [6, 6.07) is 5.48. The van der Waals surface area contributed by atoms with E-state index in [1.807, 2.05) is 6.07 Å². The van der Waals surface area contributed by atoms with Crippen molar-refractivity contribution in [1.82, 2.24) is 5.32 Å². The topological polar surface area (TPSA) is 81.7 Å². The third-order valence-corrected chi connectivity index (χ3v) is 7.77. The average molecular weight is 492 g/mol. The number of carbonyl (C=O) groups excluding carboxylic acids is 3. The first kappa shape index (κ1) is 22.3. The molecule has 31 heavy (non-hydrogen) atoms. The lowest BCUT2D eigenvalue weighted by molar-refractivity contribution is -0.162. The summed E-state index contributed by atoms with van der Waals surface area (Å²) < 4.78 is 11.7. The van der Waals surface area contributed by atoms with E-state index in [0.29, 0.717) is 18.6 Å². The zero-order chi connectivity index (χ0) is 22.0. The zero-order valence-electron chi connectivity index (χ0n) is 18.0. The Labute approximate surface area is 191 Å². The number of rotatable bonds is 4. The second-order valence-electron chi connectivity index (χ2n) is 9.11. The normalized spacial score (nSPS) is 25.8. The van der Waals surface area contributed by atoms with Gasteiger partial charge in [-0.3, -0.25) is 14.4 Å². The van der Waals surface area contributed by atoms with Crippen LogP contribution in [-0.4, -0.2) is 31.0 Å². The number of ether oxygens (including phenoxy) is 2. The second kappa shape index (κ2) is 9.31. The molecule has 1 N–H and O–H groups in total. The van der Waals surface area contributed by atoms with Gasteiger partial charge in [0.2, 0.25) is 5.91 Å². The van der Waals surface area contributed by atoms with E-state index in [4.69, 9.17) is 9.47 Å². The molecule has 2 saturated carbocycles. The van der Waals surface area contributed by atoms with Gasteiger partial charge in [-0.15, -0.1) is 0 Å². The summed E-state index contributed by atoms with van der Waals surface area (Å²) in [6.45, 7) is 0. The molecule has 0 spiro atoms. The number of methoxy groups -OCH3 is 1. The minimum absolute atomic E-state index is 0.0686. The van der Waals surface area contributed by atoms with Crippen molar-refractivity contribution in [3.8, 4) is 5.75 Å². The Kier molecular flexibility index (Phi) is 6.70. The summed E-state index contributed by atoms with van der Waals surface area (Å²) in [5, 5.41) is 3.10. The number of hydrogen-bond donors (Lipinski definition) is 1. The van der Waals surface area contributed by atoms with Gasteiger partial charge in [0.1, 0.15) is 11.7 Å². The number of fused-ring (bicyclic) bond motifs is 1. The van der Waals surface area contributed by atoms with Gasteiger partial charge in [0.15, 0.2) is 0 Å². The molecule has 2 aliphatic carbocycles. The highest BCUT2D eigenvalue weighted by molar-refractivity contribution is 9.10. The first-order chi connectivity index (χ1) is 15.0. The van der Waals surface area contributed by atoms with Crippen molar-refractivity contribution in [3.63, 3.8) is 0 Å². The maximum absolute atomic E-state index is 13.5. The molecule has 0 radical (unpaired) electrons. The van der Waals surface area contributed by atoms with Gasteiger partial charge in [0.25, 0.3) is 0 Å². The van der Waals surface area contributed by atoms with Gasteiger partial charge in [-0.1, -0.05) is 54.5 Å². The minimum atomic E-state index is -1.07. The number of benzene rings is 1. The Morgan fingerprint density at radius 3 is 2.45 bits per heavy atom. The van der Waals surface area contributed by atoms with E-state index in [9.17, 15) is 14.4 Å². The third kappa shape index (κ3) is 4.26. The molecule has 2 atom stereocenters. The van der Waals surface area contributed by atoms with Crippen molar-refractivity contribution < 1.29 is 23.9 Å². The molecular formula is C24H30BrNO5. The van der Waals surface area contributed by atoms with Crippen LogP contribution < -0.4 is 10.1 Å². The second-order valence-corrected chi connectivity index (χ2v) is 10.0. The fourth-order valence-corrected chi connectivity index (χ4v) is 6.16. The van der Waals surface area contributed by atoms with Crippen LogP contribution in [0.25, 0.3) is 0 Å². The third-order valence-electron chi connectivity index (χ3n) is 7.27. The summed E-state index contributed by atoms with van der Waals surface area (Å²) in [4.78, 5) is 39.9. The van der Waals surface area contributed by atoms with Crippen molar-refractivity contribution in [3.05, 3.63) is 28.2 Å². The van der Waals surface area contributed by atoms with E-state index in [-0.39, 0.29) is 17.9 Å². The van der Waals surface area contributed by atoms with Gasteiger partial charge >= 0.3 is 11.9 Å². The van der Waals surface area contributed by atoms with Crippen LogP contribution in [0.15, 0.2) is 22.7 Å². The van der Waals surface area contributed by atoms with E-state index in [1.54, 1.807) is 12.1 Å². The van der Waals surface area contributed by atoms with Crippen LogP contribution in [0.5, 0.6) is 5.75 Å². The largest absolute Gasteiger partial charge is 0.469 e. The lowest BCUT2D eigenvalue weighted by atomic mass is 9.59. The van der Waals surface area contributed by atoms with Crippen LogP contribution >= 0.6 is 15.9 Å². The average Bonchev–Trinajstić information content (AvgIpc) is 2.79. The maximum Gasteiger partial charge on any atom is 0.324 e. The molecule has 1 heterocycles. The van der Waals surface area contributed by atoms with Gasteiger partial charge in [-0.25, -0.2) is 0 Å². The van der Waals surface area contributed by atoms with Crippen molar-refractivity contribution in [2.75, 3.05) is 7.11 Å². The summed E-state index contributed by atoms with van der Waals surface area (Å²) in [6.07, 6.45) is 9.10. The monoisotopic (exact) mass is 491 g/mol. The molecule has 2 fully saturated rings. The molecule has 1 aromatic carbocycles. The Morgan fingerprint density at radius 2 is 1.77 bits per heavy atom. The van der Waals surface area contributed by atoms with Crippen LogP contribution in [0.1, 0.15) is 75.7 Å². The molecule has 168 valence electrons. The molecule has 4 rings (SSSR count). The van der Waals surface area contributed by atoms with Gasteiger partial charge in [-0.05, 0) is 43.9 Å². The van der Waals surface area contributed by atoms with Crippen LogP contribution in [0.4, 0.5) is 0 Å². The summed E-state index contributed by atoms with van der Waals surface area (Å²) in [5.74, 6) is -2.51. The van der Waals surface area contributed by atoms with E-state index in [0.717, 1.165) is 55.0 Å². The quantitative estimate of drug-likeness (QED) is 0.376. The molecular weight excluding hydrogens is 462 g/mol. The van der Waals surface area contributed by atoms with Crippen molar-refractivity contribution in [2.45, 2.75) is 76.2 Å². The number of esters is 2. The predicted molar refractivity (Wildman–Crippen MR) is 119 cm³/mol. The van der Waals surface area contributed by atoms with E-state index in [1.165, 1.54) is 13.5 Å². The Bertz CT molecular complexity index is 858. The standard InChI is InChI=1S/C24H30BrNO5/c1-30-23(29)24(12-6-3-7-13-24)20-17-14-15(25)10-11-18(17)31-22(28)19(20)21(27)26-16-8-4-2-5-9-16/h10-11,14,16,19-20H,2-9,12-13H2,1H3,(H,26,27). The van der Waals surface area contributed by atoms with E-state index < -0.39 is 23.2 Å². The molecule has 0 aromatic heterocycles.